The summed E-state index contributed by atoms with van der Waals surface area (Å²) in [5.41, 5.74) is 1.26. The van der Waals surface area contributed by atoms with Gasteiger partial charge in [0.25, 0.3) is 0 Å². The van der Waals surface area contributed by atoms with Gasteiger partial charge >= 0.3 is 0 Å². The van der Waals surface area contributed by atoms with Crippen molar-refractivity contribution >= 4 is 5.78 Å². The maximum Gasteiger partial charge on any atom is 0.169 e. The van der Waals surface area contributed by atoms with Crippen molar-refractivity contribution in [2.45, 2.75) is 44.6 Å². The molecule has 3 rings (SSSR count). The lowest BCUT2D eigenvalue weighted by molar-refractivity contribution is 0.0285. The fraction of sp³-hybridized carbons (Fsp3) is 0.611. The van der Waals surface area contributed by atoms with Crippen molar-refractivity contribution in [3.8, 4) is 5.75 Å². The number of ketones is 1. The molecule has 4 heteroatoms. The largest absolute Gasteiger partial charge is 0.493 e. The number of Topliss-reactive ketones (excluding diaryl/α,β-unsaturated/α-hetero) is 1. The Hall–Kier alpha value is -1.42. The van der Waals surface area contributed by atoms with Crippen LogP contribution in [-0.2, 0) is 11.2 Å². The van der Waals surface area contributed by atoms with Crippen LogP contribution in [0.25, 0.3) is 0 Å². The molecule has 0 radical (unpaired) electrons. The molecule has 0 aromatic heterocycles. The van der Waals surface area contributed by atoms with E-state index in [1.807, 2.05) is 12.1 Å². The van der Waals surface area contributed by atoms with Crippen molar-refractivity contribution in [2.24, 2.45) is 5.41 Å². The average molecular weight is 309 g/mol. The number of carbonyl (C=O) groups excluding carboxylic acids is 1. The van der Waals surface area contributed by atoms with Crippen molar-refractivity contribution in [2.75, 3.05) is 20.3 Å². The Kier molecular flexibility index (Phi) is 3.49. The van der Waals surface area contributed by atoms with Gasteiger partial charge in [-0.1, -0.05) is 6.07 Å². The van der Waals surface area contributed by atoms with Gasteiger partial charge in [0, 0.05) is 24.4 Å². The molecule has 2 aliphatic rings. The fourth-order valence-electron chi connectivity index (χ4n) is 3.65. The Balaban J connectivity index is 1.67. The van der Waals surface area contributed by atoms with Gasteiger partial charge in [-0.2, -0.15) is 0 Å². The van der Waals surface area contributed by atoms with E-state index in [0.717, 1.165) is 5.56 Å². The van der Waals surface area contributed by atoms with E-state index in [2.05, 4.69) is 0 Å². The van der Waals surface area contributed by atoms with Crippen molar-refractivity contribution < 1.29 is 22.8 Å². The Morgan fingerprint density at radius 1 is 1.41 bits per heavy atom. The van der Waals surface area contributed by atoms with Gasteiger partial charge in [-0.25, -0.2) is 0 Å². The predicted octanol–water partition coefficient (Wildman–Crippen LogP) is 3.74. The van der Waals surface area contributed by atoms with E-state index in [1.165, 1.54) is 0 Å². The van der Waals surface area contributed by atoms with Crippen LogP contribution in [0.1, 0.15) is 52.1 Å². The molecule has 0 saturated heterocycles. The van der Waals surface area contributed by atoms with Gasteiger partial charge in [0.1, 0.15) is 5.75 Å². The number of alkyl halides is 1. The molecule has 1 spiro atoms. The fourth-order valence-corrected chi connectivity index (χ4v) is 3.65. The first-order valence-electron chi connectivity index (χ1n) is 9.37. The third kappa shape index (κ3) is 2.76. The molecule has 1 aromatic rings. The first-order valence-corrected chi connectivity index (χ1v) is 7.87. The molecule has 2 aliphatic carbocycles. The number of ether oxygens (including phenoxy) is 2. The minimum absolute atomic E-state index is 0.116. The number of halogens is 1. The number of methoxy groups -OCH3 is 1. The highest BCUT2D eigenvalue weighted by Crippen LogP contribution is 2.48. The smallest absolute Gasteiger partial charge is 0.169 e. The van der Waals surface area contributed by atoms with Gasteiger partial charge in [0.05, 0.1) is 23.5 Å². The van der Waals surface area contributed by atoms with Gasteiger partial charge < -0.3 is 9.47 Å². The highest BCUT2D eigenvalue weighted by Gasteiger charge is 2.47. The molecule has 1 saturated carbocycles. The summed E-state index contributed by atoms with van der Waals surface area (Å²) < 4.78 is 44.4. The second kappa shape index (κ2) is 6.37. The predicted molar refractivity (Wildman–Crippen MR) is 82.3 cm³/mol. The quantitative estimate of drug-likeness (QED) is 0.777. The van der Waals surface area contributed by atoms with Crippen LogP contribution in [0.5, 0.6) is 5.75 Å². The van der Waals surface area contributed by atoms with E-state index >= 15 is 0 Å². The van der Waals surface area contributed by atoms with E-state index in [1.54, 1.807) is 6.07 Å². The third-order valence-electron chi connectivity index (χ3n) is 4.94. The summed E-state index contributed by atoms with van der Waals surface area (Å²) in [6.45, 7) is -0.130. The zero-order valence-corrected chi connectivity index (χ0v) is 12.6. The zero-order valence-electron chi connectivity index (χ0n) is 15.6. The highest BCUT2D eigenvalue weighted by atomic mass is 19.1. The van der Waals surface area contributed by atoms with Crippen LogP contribution in [0, 0.1) is 5.41 Å². The molecule has 0 N–H and O–H groups in total. The topological polar surface area (TPSA) is 35.5 Å². The number of hydrogen-bond donors (Lipinski definition) is 0. The summed E-state index contributed by atoms with van der Waals surface area (Å²) in [6, 6.07) is 5.50. The Morgan fingerprint density at radius 2 is 2.23 bits per heavy atom. The van der Waals surface area contributed by atoms with Gasteiger partial charge in [0.2, 0.25) is 0 Å². The molecule has 0 aliphatic heterocycles. The molecule has 1 aromatic carbocycles. The van der Waals surface area contributed by atoms with Crippen LogP contribution < -0.4 is 4.74 Å². The van der Waals surface area contributed by atoms with Gasteiger partial charge in [-0.15, -0.1) is 0 Å². The number of benzene rings is 1. The van der Waals surface area contributed by atoms with E-state index in [9.17, 15) is 9.18 Å². The first-order chi connectivity index (χ1) is 11.8. The number of rotatable bonds is 5. The summed E-state index contributed by atoms with van der Waals surface area (Å²) in [5.74, 6) is 0.711. The number of hydrogen-bond acceptors (Lipinski definition) is 3. The zero-order chi connectivity index (χ0) is 18.1. The summed E-state index contributed by atoms with van der Waals surface area (Å²) in [4.78, 5) is 13.0. The number of fused-ring (bicyclic) bond motifs is 1. The Bertz CT molecular complexity index is 637. The molecule has 22 heavy (non-hydrogen) atoms. The third-order valence-corrected chi connectivity index (χ3v) is 4.94. The Labute approximate surface area is 135 Å². The SMILES string of the molecule is [2H]C([2H])([2H])OC1CCC2(CC1)Cc1ccc(OCCCF)cc1C2=O. The van der Waals surface area contributed by atoms with Crippen molar-refractivity contribution in [3.63, 3.8) is 0 Å². The van der Waals surface area contributed by atoms with Gasteiger partial charge in [0.15, 0.2) is 5.78 Å². The monoisotopic (exact) mass is 309 g/mol. The maximum atomic E-state index is 13.0. The second-order valence-corrected chi connectivity index (χ2v) is 6.31. The van der Waals surface area contributed by atoms with E-state index in [4.69, 9.17) is 13.6 Å². The minimum atomic E-state index is -2.39. The molecule has 0 amide bonds. The van der Waals surface area contributed by atoms with Crippen molar-refractivity contribution in [3.05, 3.63) is 29.3 Å². The lowest BCUT2D eigenvalue weighted by Crippen LogP contribution is -2.35. The summed E-state index contributed by atoms with van der Waals surface area (Å²) in [6.07, 6.45) is 3.15. The molecule has 0 unspecified atom stereocenters. The summed E-state index contributed by atoms with van der Waals surface area (Å²) in [7, 11) is -2.39. The molecule has 1 fully saturated rings. The molecular weight excluding hydrogens is 283 g/mol. The van der Waals surface area contributed by atoms with E-state index in [-0.39, 0.29) is 11.9 Å². The van der Waals surface area contributed by atoms with Crippen LogP contribution >= 0.6 is 0 Å². The van der Waals surface area contributed by atoms with Crippen molar-refractivity contribution in [1.82, 2.24) is 0 Å². The maximum absolute atomic E-state index is 13.0. The lowest BCUT2D eigenvalue weighted by atomic mass is 9.70. The summed E-state index contributed by atoms with van der Waals surface area (Å²) in [5, 5.41) is 0. The molecular formula is C18H23FO3. The van der Waals surface area contributed by atoms with Crippen LogP contribution in [0.3, 0.4) is 0 Å². The minimum Gasteiger partial charge on any atom is -0.493 e. The van der Waals surface area contributed by atoms with Gasteiger partial charge in [-0.05, 0) is 49.8 Å². The van der Waals surface area contributed by atoms with Gasteiger partial charge in [-0.3, -0.25) is 9.18 Å². The second-order valence-electron chi connectivity index (χ2n) is 6.31. The highest BCUT2D eigenvalue weighted by molar-refractivity contribution is 6.05. The molecule has 0 atom stereocenters. The van der Waals surface area contributed by atoms with Crippen LogP contribution in [0.15, 0.2) is 18.2 Å². The number of carbonyl (C=O) groups is 1. The van der Waals surface area contributed by atoms with E-state index < -0.39 is 19.1 Å². The standard InChI is InChI=1S/C18H23FO3/c1-21-14-5-7-18(8-6-14)12-13-3-4-15(22-10-2-9-19)11-16(13)17(18)20/h3-4,11,14H,2,5-10,12H2,1H3/i1D3. The average Bonchev–Trinajstić information content (AvgIpc) is 2.81. The lowest BCUT2D eigenvalue weighted by Gasteiger charge is -2.35. The van der Waals surface area contributed by atoms with Crippen LogP contribution in [-0.4, -0.2) is 32.2 Å². The molecule has 120 valence electrons. The Morgan fingerprint density at radius 3 is 2.95 bits per heavy atom. The summed E-state index contributed by atoms with van der Waals surface area (Å²) >= 11 is 0. The van der Waals surface area contributed by atoms with Crippen molar-refractivity contribution in [1.29, 1.82) is 0 Å². The molecule has 0 heterocycles. The molecule has 0 bridgehead atoms. The molecule has 3 nitrogen and oxygen atoms in total. The first kappa shape index (κ1) is 12.1. The normalized spacial score (nSPS) is 29.8. The van der Waals surface area contributed by atoms with Crippen LogP contribution in [0.4, 0.5) is 4.39 Å². The van der Waals surface area contributed by atoms with E-state index in [0.29, 0.717) is 56.4 Å². The van der Waals surface area contributed by atoms with Crippen LogP contribution in [0.2, 0.25) is 0 Å².